The first-order valence-corrected chi connectivity index (χ1v) is 16.2. The Labute approximate surface area is 262 Å². The van der Waals surface area contributed by atoms with E-state index >= 15 is 0 Å². The molecule has 2 amide bonds. The minimum Gasteiger partial charge on any atom is -0.464 e. The van der Waals surface area contributed by atoms with E-state index < -0.39 is 0 Å². The van der Waals surface area contributed by atoms with Gasteiger partial charge >= 0.3 is 5.97 Å². The average Bonchev–Trinajstić information content (AvgIpc) is 2.76. The first-order valence-electron chi connectivity index (χ1n) is 16.2. The molecule has 0 aliphatic rings. The highest BCUT2D eigenvalue weighted by Crippen LogP contribution is 2.35. The predicted molar refractivity (Wildman–Crippen MR) is 181 cm³/mol. The zero-order chi connectivity index (χ0) is 34.3. The van der Waals surface area contributed by atoms with Crippen LogP contribution in [0.1, 0.15) is 151 Å². The SMILES string of the molecule is CC(C(=O)NC(C)(C)CC(C)(C)C)C(C)(C)C.CC(C)(C)C.CCCCN(C=O)CCOC(=O)C(C)C(C)(C)C(C)C. The van der Waals surface area contributed by atoms with Crippen molar-refractivity contribution in [3.63, 3.8) is 0 Å². The summed E-state index contributed by atoms with van der Waals surface area (Å²) in [5.74, 6) is 0.266. The molecular weight excluding hydrogens is 524 g/mol. The molecule has 0 aliphatic carbocycles. The summed E-state index contributed by atoms with van der Waals surface area (Å²) in [6, 6.07) is 0. The summed E-state index contributed by atoms with van der Waals surface area (Å²) in [4.78, 5) is 36.7. The molecule has 2 unspecified atom stereocenters. The van der Waals surface area contributed by atoms with Crippen LogP contribution in [0, 0.1) is 39.4 Å². The van der Waals surface area contributed by atoms with E-state index in [0.29, 0.717) is 17.9 Å². The molecule has 0 bridgehead atoms. The van der Waals surface area contributed by atoms with Gasteiger partial charge in [-0.05, 0) is 54.3 Å². The van der Waals surface area contributed by atoms with Crippen LogP contribution in [0.5, 0.6) is 0 Å². The maximum atomic E-state index is 12.2. The predicted octanol–water partition coefficient (Wildman–Crippen LogP) is 9.16. The summed E-state index contributed by atoms with van der Waals surface area (Å²) in [5.41, 5.74) is 0.502. The Morgan fingerprint density at radius 1 is 0.786 bits per heavy atom. The Morgan fingerprint density at radius 2 is 1.24 bits per heavy atom. The molecule has 6 nitrogen and oxygen atoms in total. The van der Waals surface area contributed by atoms with Gasteiger partial charge in [-0.3, -0.25) is 14.4 Å². The van der Waals surface area contributed by atoms with Gasteiger partial charge in [0.25, 0.3) is 0 Å². The van der Waals surface area contributed by atoms with Crippen molar-refractivity contribution >= 4 is 18.3 Å². The number of nitrogens with one attached hydrogen (secondary N) is 1. The molecule has 0 aromatic heterocycles. The molecule has 0 aliphatic heterocycles. The summed E-state index contributed by atoms with van der Waals surface area (Å²) in [5, 5.41) is 3.18. The smallest absolute Gasteiger partial charge is 0.309 e. The van der Waals surface area contributed by atoms with Crippen molar-refractivity contribution < 1.29 is 19.1 Å². The maximum absolute atomic E-state index is 12.2. The van der Waals surface area contributed by atoms with Crippen LogP contribution in [0.3, 0.4) is 0 Å². The first-order chi connectivity index (χ1) is 18.5. The summed E-state index contributed by atoms with van der Waals surface area (Å²) < 4.78 is 5.31. The maximum Gasteiger partial charge on any atom is 0.309 e. The first kappa shape index (κ1) is 44.8. The topological polar surface area (TPSA) is 75.7 Å². The van der Waals surface area contributed by atoms with E-state index in [4.69, 9.17) is 4.74 Å². The lowest BCUT2D eigenvalue weighted by atomic mass is 9.71. The quantitative estimate of drug-likeness (QED) is 0.169. The third-order valence-corrected chi connectivity index (χ3v) is 7.65. The molecular formula is C36H74N2O4. The molecule has 0 heterocycles. The monoisotopic (exact) mass is 599 g/mol. The third-order valence-electron chi connectivity index (χ3n) is 7.65. The number of hydrogen-bond acceptors (Lipinski definition) is 4. The van der Waals surface area contributed by atoms with Crippen molar-refractivity contribution in [3.8, 4) is 0 Å². The highest BCUT2D eigenvalue weighted by Gasteiger charge is 2.35. The van der Waals surface area contributed by atoms with E-state index in [9.17, 15) is 14.4 Å². The van der Waals surface area contributed by atoms with Gasteiger partial charge in [-0.15, -0.1) is 0 Å². The molecule has 0 rings (SSSR count). The molecule has 252 valence electrons. The highest BCUT2D eigenvalue weighted by molar-refractivity contribution is 5.79. The zero-order valence-electron chi connectivity index (χ0n) is 31.6. The molecule has 0 spiro atoms. The van der Waals surface area contributed by atoms with Crippen LogP contribution in [0.15, 0.2) is 0 Å². The minimum absolute atomic E-state index is 0.0158. The van der Waals surface area contributed by atoms with Crippen LogP contribution >= 0.6 is 0 Å². The molecule has 0 aromatic rings. The number of hydrogen-bond donors (Lipinski definition) is 1. The van der Waals surface area contributed by atoms with Crippen molar-refractivity contribution in [2.45, 2.75) is 156 Å². The molecule has 42 heavy (non-hydrogen) atoms. The third kappa shape index (κ3) is 23.9. The number of nitrogens with zero attached hydrogens (tertiary/aromatic N) is 1. The Hall–Kier alpha value is -1.59. The van der Waals surface area contributed by atoms with E-state index in [0.717, 1.165) is 32.2 Å². The standard InChI is InChI=1S/C16H31NO3.C15H31NO.C5H12/c1-7-8-9-17(12-18)10-11-20-15(19)14(4)16(5,6)13(2)3;1-11(14(5,6)7)12(17)16-15(8,9)10-13(2,3)4;1-5(2,3)4/h12-14H,7-11H2,1-6H3;11H,10H2,1-9H3,(H,16,17);1-4H3. The molecule has 0 saturated heterocycles. The lowest BCUT2D eigenvalue weighted by molar-refractivity contribution is -0.154. The highest BCUT2D eigenvalue weighted by atomic mass is 16.5. The fraction of sp³-hybridized carbons (Fsp3) is 0.917. The largest absolute Gasteiger partial charge is 0.464 e. The van der Waals surface area contributed by atoms with Gasteiger partial charge in [0, 0.05) is 18.0 Å². The van der Waals surface area contributed by atoms with Gasteiger partial charge < -0.3 is 15.0 Å². The molecule has 2 atom stereocenters. The van der Waals surface area contributed by atoms with E-state index in [2.05, 4.69) is 123 Å². The van der Waals surface area contributed by atoms with E-state index in [1.165, 1.54) is 0 Å². The van der Waals surface area contributed by atoms with Gasteiger partial charge in [0.2, 0.25) is 12.3 Å². The molecule has 6 heteroatoms. The van der Waals surface area contributed by atoms with E-state index in [1.54, 1.807) is 4.90 Å². The number of carbonyl (C=O) groups is 3. The number of esters is 1. The normalized spacial score (nSPS) is 14.0. The molecule has 0 fully saturated rings. The van der Waals surface area contributed by atoms with Crippen molar-refractivity contribution in [1.29, 1.82) is 0 Å². The van der Waals surface area contributed by atoms with Crippen molar-refractivity contribution in [2.24, 2.45) is 39.4 Å². The van der Waals surface area contributed by atoms with Crippen LogP contribution in [-0.4, -0.2) is 48.4 Å². The van der Waals surface area contributed by atoms with E-state index in [1.807, 2.05) is 13.8 Å². The number of amides is 2. The van der Waals surface area contributed by atoms with Crippen LogP contribution in [0.2, 0.25) is 0 Å². The summed E-state index contributed by atoms with van der Waals surface area (Å²) in [6.07, 6.45) is 3.82. The molecule has 0 saturated carbocycles. The number of rotatable bonds is 13. The Bertz CT molecular complexity index is 759. The van der Waals surface area contributed by atoms with Gasteiger partial charge in [0.05, 0.1) is 12.5 Å². The number of ether oxygens (including phenoxy) is 1. The van der Waals surface area contributed by atoms with Gasteiger partial charge in [-0.2, -0.15) is 0 Å². The second kappa shape index (κ2) is 18.9. The van der Waals surface area contributed by atoms with Gasteiger partial charge in [0.1, 0.15) is 6.61 Å². The van der Waals surface area contributed by atoms with Gasteiger partial charge in [-0.25, -0.2) is 0 Å². The van der Waals surface area contributed by atoms with Gasteiger partial charge in [0.15, 0.2) is 0 Å². The van der Waals surface area contributed by atoms with Crippen molar-refractivity contribution in [3.05, 3.63) is 0 Å². The van der Waals surface area contributed by atoms with Crippen LogP contribution in [-0.2, 0) is 19.1 Å². The van der Waals surface area contributed by atoms with Crippen molar-refractivity contribution in [2.75, 3.05) is 19.7 Å². The lowest BCUT2D eigenvalue weighted by Crippen LogP contribution is -2.49. The zero-order valence-corrected chi connectivity index (χ0v) is 31.6. The van der Waals surface area contributed by atoms with Crippen molar-refractivity contribution in [1.82, 2.24) is 10.2 Å². The number of unbranched alkanes of at least 4 members (excludes halogenated alkanes) is 1. The fourth-order valence-electron chi connectivity index (χ4n) is 3.98. The summed E-state index contributed by atoms with van der Waals surface area (Å²) in [6.45, 7) is 41.8. The van der Waals surface area contributed by atoms with Crippen LogP contribution in [0.25, 0.3) is 0 Å². The molecule has 0 radical (unpaired) electrons. The van der Waals surface area contributed by atoms with Gasteiger partial charge in [-0.1, -0.05) is 124 Å². The second-order valence-electron chi connectivity index (χ2n) is 17.6. The van der Waals surface area contributed by atoms with Crippen LogP contribution in [0.4, 0.5) is 0 Å². The Kier molecular flexibility index (Phi) is 20.2. The summed E-state index contributed by atoms with van der Waals surface area (Å²) >= 11 is 0. The Balaban J connectivity index is -0.000000629. The average molecular weight is 599 g/mol. The fourth-order valence-corrected chi connectivity index (χ4v) is 3.98. The van der Waals surface area contributed by atoms with Crippen LogP contribution < -0.4 is 5.32 Å². The minimum atomic E-state index is -0.176. The Morgan fingerprint density at radius 3 is 1.57 bits per heavy atom. The number of carbonyl (C=O) groups excluding carboxylic acids is 3. The molecule has 0 aromatic carbocycles. The van der Waals surface area contributed by atoms with E-state index in [-0.39, 0.29) is 52.1 Å². The lowest BCUT2D eigenvalue weighted by Gasteiger charge is -2.36. The second-order valence-corrected chi connectivity index (χ2v) is 17.6. The summed E-state index contributed by atoms with van der Waals surface area (Å²) in [7, 11) is 0. The molecule has 1 N–H and O–H groups in total.